The molecule has 0 saturated heterocycles. The average molecular weight is 972 g/mol. The summed E-state index contributed by atoms with van der Waals surface area (Å²) in [5, 5.41) is 3.26. The lowest BCUT2D eigenvalue weighted by atomic mass is 10.1. The molecule has 328 valence electrons. The lowest BCUT2D eigenvalue weighted by molar-refractivity contribution is 0.296. The minimum absolute atomic E-state index is 0.127. The molecule has 4 heterocycles. The van der Waals surface area contributed by atoms with Gasteiger partial charge in [-0.15, -0.1) is 22.7 Å². The van der Waals surface area contributed by atoms with Crippen LogP contribution in [0.3, 0.4) is 0 Å². The van der Waals surface area contributed by atoms with E-state index < -0.39 is 32.1 Å². The van der Waals surface area contributed by atoms with Crippen molar-refractivity contribution >= 4 is 86.1 Å². The van der Waals surface area contributed by atoms with E-state index in [-0.39, 0.29) is 9.79 Å². The predicted octanol–water partition coefficient (Wildman–Crippen LogP) is 11.6. The van der Waals surface area contributed by atoms with Gasteiger partial charge in [0.25, 0.3) is 0 Å². The summed E-state index contributed by atoms with van der Waals surface area (Å²) in [5.74, 6) is 1.99. The summed E-state index contributed by atoms with van der Waals surface area (Å²) in [6, 6.07) is 42.7. The zero-order chi connectivity index (χ0) is 44.3. The highest BCUT2D eigenvalue weighted by Gasteiger charge is 2.28. The first-order valence-corrected chi connectivity index (χ1v) is 25.7. The van der Waals surface area contributed by atoms with Crippen molar-refractivity contribution in [1.82, 2.24) is 9.44 Å². The normalized spacial score (nSPS) is 14.8. The van der Waals surface area contributed by atoms with Crippen LogP contribution in [0.5, 0.6) is 23.0 Å². The SMILES string of the molecule is O=S(=O)(N[C@@H](c1ccccc1)c1cc2cccc(Cl)c2s1)c1ccc2c(c1)OCCCO2.O=S(=O)(N[C@H](c1ccccc1)c1cc2cccc(Cl)c2s1)c1ccc2c(c1)OCCCO2. The molecule has 0 bridgehead atoms. The molecule has 10 rings (SSSR count). The summed E-state index contributed by atoms with van der Waals surface area (Å²) in [7, 11) is -7.72. The maximum Gasteiger partial charge on any atom is 0.241 e. The van der Waals surface area contributed by atoms with Gasteiger partial charge in [0, 0.05) is 34.7 Å². The van der Waals surface area contributed by atoms with Gasteiger partial charge in [0.2, 0.25) is 20.0 Å². The zero-order valence-corrected chi connectivity index (χ0v) is 38.7. The molecule has 0 spiro atoms. The maximum absolute atomic E-state index is 13.4. The van der Waals surface area contributed by atoms with Gasteiger partial charge in [0.05, 0.1) is 67.7 Å². The largest absolute Gasteiger partial charge is 0.490 e. The van der Waals surface area contributed by atoms with Gasteiger partial charge < -0.3 is 18.9 Å². The van der Waals surface area contributed by atoms with E-state index in [1.165, 1.54) is 34.8 Å². The van der Waals surface area contributed by atoms with Crippen LogP contribution in [0.25, 0.3) is 20.2 Å². The van der Waals surface area contributed by atoms with Crippen molar-refractivity contribution in [2.24, 2.45) is 0 Å². The second-order valence-corrected chi connectivity index (χ2v) is 21.3. The summed E-state index contributed by atoms with van der Waals surface area (Å²) < 4.78 is 83.9. The first kappa shape index (κ1) is 44.1. The highest BCUT2D eigenvalue weighted by atomic mass is 35.5. The molecular weight excluding hydrogens is 932 g/mol. The van der Waals surface area contributed by atoms with Crippen LogP contribution in [0.1, 0.15) is 45.8 Å². The maximum atomic E-state index is 13.4. The van der Waals surface area contributed by atoms with Crippen LogP contribution in [0.4, 0.5) is 0 Å². The second kappa shape index (κ2) is 19.1. The minimum Gasteiger partial charge on any atom is -0.490 e. The van der Waals surface area contributed by atoms with Crippen molar-refractivity contribution < 1.29 is 35.8 Å². The Morgan fingerprint density at radius 3 is 1.23 bits per heavy atom. The van der Waals surface area contributed by atoms with Crippen molar-refractivity contribution in [3.05, 3.63) is 177 Å². The highest BCUT2D eigenvalue weighted by Crippen LogP contribution is 2.40. The van der Waals surface area contributed by atoms with E-state index in [0.717, 1.165) is 53.9 Å². The monoisotopic (exact) mass is 970 g/mol. The van der Waals surface area contributed by atoms with Crippen molar-refractivity contribution in [3.63, 3.8) is 0 Å². The molecular formula is C48H40Cl2N2O8S4. The van der Waals surface area contributed by atoms with Crippen molar-refractivity contribution in [1.29, 1.82) is 0 Å². The zero-order valence-electron chi connectivity index (χ0n) is 33.9. The third-order valence-electron chi connectivity index (χ3n) is 10.5. The molecule has 2 aliphatic heterocycles. The van der Waals surface area contributed by atoms with Gasteiger partial charge in [-0.1, -0.05) is 108 Å². The number of ether oxygens (including phenoxy) is 4. The van der Waals surface area contributed by atoms with Crippen molar-refractivity contribution in [3.8, 4) is 23.0 Å². The molecule has 0 saturated carbocycles. The summed E-state index contributed by atoms with van der Waals surface area (Å²) in [6.45, 7) is 2.06. The van der Waals surface area contributed by atoms with E-state index in [4.69, 9.17) is 42.1 Å². The van der Waals surface area contributed by atoms with Crippen LogP contribution in [-0.4, -0.2) is 43.3 Å². The number of hydrogen-bond acceptors (Lipinski definition) is 10. The Morgan fingerprint density at radius 2 is 0.844 bits per heavy atom. The van der Waals surface area contributed by atoms with Gasteiger partial charge in [-0.25, -0.2) is 16.8 Å². The third kappa shape index (κ3) is 9.75. The van der Waals surface area contributed by atoms with Crippen LogP contribution >= 0.6 is 45.9 Å². The molecule has 8 aromatic rings. The molecule has 2 aromatic heterocycles. The molecule has 16 heteroatoms. The Kier molecular flexibility index (Phi) is 13.2. The smallest absolute Gasteiger partial charge is 0.241 e. The minimum atomic E-state index is -3.86. The van der Waals surface area contributed by atoms with E-state index in [1.807, 2.05) is 109 Å². The Labute approximate surface area is 389 Å². The number of rotatable bonds is 10. The lowest BCUT2D eigenvalue weighted by Gasteiger charge is -2.19. The van der Waals surface area contributed by atoms with Crippen LogP contribution in [-0.2, 0) is 20.0 Å². The van der Waals surface area contributed by atoms with E-state index in [9.17, 15) is 16.8 Å². The molecule has 0 fully saturated rings. The number of benzene rings is 6. The fourth-order valence-corrected chi connectivity index (χ4v) is 12.8. The van der Waals surface area contributed by atoms with E-state index in [0.29, 0.717) is 59.5 Å². The number of nitrogens with one attached hydrogen (secondary N) is 2. The van der Waals surface area contributed by atoms with Crippen molar-refractivity contribution in [2.75, 3.05) is 26.4 Å². The Morgan fingerprint density at radius 1 is 0.453 bits per heavy atom. The number of halogens is 2. The number of sulfonamides is 2. The molecule has 2 aliphatic rings. The van der Waals surface area contributed by atoms with Crippen LogP contribution in [0.2, 0.25) is 10.0 Å². The van der Waals surface area contributed by atoms with E-state index in [1.54, 1.807) is 24.3 Å². The number of fused-ring (bicyclic) bond motifs is 4. The van der Waals surface area contributed by atoms with Gasteiger partial charge in [0.1, 0.15) is 0 Å². The van der Waals surface area contributed by atoms with Crippen LogP contribution in [0.15, 0.2) is 155 Å². The molecule has 0 aliphatic carbocycles. The van der Waals surface area contributed by atoms with Gasteiger partial charge in [-0.3, -0.25) is 0 Å². The molecule has 2 N–H and O–H groups in total. The molecule has 10 nitrogen and oxygen atoms in total. The molecule has 0 unspecified atom stereocenters. The summed E-state index contributed by atoms with van der Waals surface area (Å²) >= 11 is 15.7. The topological polar surface area (TPSA) is 129 Å². The van der Waals surface area contributed by atoms with Gasteiger partial charge >= 0.3 is 0 Å². The molecule has 64 heavy (non-hydrogen) atoms. The quantitative estimate of drug-likeness (QED) is 0.139. The van der Waals surface area contributed by atoms with Crippen molar-refractivity contribution in [2.45, 2.75) is 34.7 Å². The Bertz CT molecular complexity index is 2950. The van der Waals surface area contributed by atoms with Crippen LogP contribution < -0.4 is 28.4 Å². The van der Waals surface area contributed by atoms with Gasteiger partial charge in [0.15, 0.2) is 23.0 Å². The molecule has 0 amide bonds. The van der Waals surface area contributed by atoms with Gasteiger partial charge in [-0.05, 0) is 70.4 Å². The van der Waals surface area contributed by atoms with Crippen LogP contribution in [0, 0.1) is 0 Å². The summed E-state index contributed by atoms with van der Waals surface area (Å²) in [6.07, 6.45) is 1.50. The highest BCUT2D eigenvalue weighted by molar-refractivity contribution is 7.89. The molecule has 0 radical (unpaired) electrons. The Balaban J connectivity index is 0.000000162. The first-order valence-electron chi connectivity index (χ1n) is 20.3. The standard InChI is InChI=1S/2C24H20ClNO4S2/c2*25-19-9-4-8-17-14-22(31-24(17)19)23(16-6-2-1-3-7-16)26-32(27,28)18-10-11-20-21(15-18)30-13-5-12-29-20/h2*1-4,6-11,14-15,23,26H,5,12-13H2/t2*23-/m10/s1. The number of thiophene rings is 2. The number of hydrogen-bond donors (Lipinski definition) is 2. The second-order valence-electron chi connectivity index (χ2n) is 14.9. The van der Waals surface area contributed by atoms with Gasteiger partial charge in [-0.2, -0.15) is 9.44 Å². The average Bonchev–Trinajstić information content (AvgIpc) is 3.78. The Hall–Kier alpha value is -5.16. The summed E-state index contributed by atoms with van der Waals surface area (Å²) in [4.78, 5) is 1.97. The lowest BCUT2D eigenvalue weighted by Crippen LogP contribution is -2.29. The third-order valence-corrected chi connectivity index (χ3v) is 16.7. The van der Waals surface area contributed by atoms with E-state index in [2.05, 4.69) is 9.44 Å². The molecule has 2 atom stereocenters. The fourth-order valence-electron chi connectivity index (χ4n) is 7.32. The fraction of sp³-hybridized carbons (Fsp3) is 0.167. The summed E-state index contributed by atoms with van der Waals surface area (Å²) in [5.41, 5.74) is 1.68. The predicted molar refractivity (Wildman–Crippen MR) is 255 cm³/mol. The first-order chi connectivity index (χ1) is 31.0. The molecule has 6 aromatic carbocycles. The van der Waals surface area contributed by atoms with E-state index >= 15 is 0 Å².